The van der Waals surface area contributed by atoms with E-state index in [1.807, 2.05) is 32.9 Å². The second-order valence-corrected chi connectivity index (χ2v) is 21.1. The maximum Gasteiger partial charge on any atom is 0.324 e. The number of esters is 1. The molecule has 0 aliphatic carbocycles. The zero-order valence-electron chi connectivity index (χ0n) is 42.9. The Labute approximate surface area is 417 Å². The van der Waals surface area contributed by atoms with Gasteiger partial charge in [0.2, 0.25) is 11.8 Å². The molecule has 0 spiro atoms. The van der Waals surface area contributed by atoms with Crippen LogP contribution in [0.25, 0.3) is 33.3 Å². The molecule has 2 aromatic carbocycles. The van der Waals surface area contributed by atoms with Crippen LogP contribution in [0.15, 0.2) is 55.1 Å². The molecule has 380 valence electrons. The van der Waals surface area contributed by atoms with Gasteiger partial charge in [-0.15, -0.1) is 5.01 Å². The van der Waals surface area contributed by atoms with Gasteiger partial charge in [0.05, 0.1) is 42.6 Å². The lowest BCUT2D eigenvalue weighted by atomic mass is 9.83. The molecular formula is C54H72N9O8+. The maximum absolute atomic E-state index is 14.8. The van der Waals surface area contributed by atoms with Crippen LogP contribution in [0, 0.1) is 16.2 Å². The van der Waals surface area contributed by atoms with Crippen LogP contribution in [-0.2, 0) is 61.0 Å². The van der Waals surface area contributed by atoms with Crippen molar-refractivity contribution in [2.45, 2.75) is 123 Å². The minimum absolute atomic E-state index is 0.0118. The highest BCUT2D eigenvalue weighted by Gasteiger charge is 2.45. The first-order valence-corrected chi connectivity index (χ1v) is 25.2. The van der Waals surface area contributed by atoms with Gasteiger partial charge in [-0.05, 0) is 110 Å². The van der Waals surface area contributed by atoms with Gasteiger partial charge in [-0.2, -0.15) is 0 Å². The second-order valence-electron chi connectivity index (χ2n) is 21.1. The van der Waals surface area contributed by atoms with Crippen molar-refractivity contribution in [1.29, 1.82) is 0 Å². The van der Waals surface area contributed by atoms with E-state index in [0.717, 1.165) is 74.6 Å². The van der Waals surface area contributed by atoms with Gasteiger partial charge < -0.3 is 34.3 Å². The van der Waals surface area contributed by atoms with Crippen molar-refractivity contribution in [3.63, 3.8) is 0 Å². The molecule has 8 rings (SSSR count). The van der Waals surface area contributed by atoms with Gasteiger partial charge in [-0.25, -0.2) is 5.43 Å². The van der Waals surface area contributed by atoms with Crippen LogP contribution in [0.2, 0.25) is 0 Å². The summed E-state index contributed by atoms with van der Waals surface area (Å²) >= 11 is 0. The molecule has 71 heavy (non-hydrogen) atoms. The summed E-state index contributed by atoms with van der Waals surface area (Å²) in [6.45, 7) is 18.9. The van der Waals surface area contributed by atoms with E-state index < -0.39 is 47.4 Å². The topological polar surface area (TPSA) is 182 Å². The largest absolute Gasteiger partial charge is 0.508 e. The number of hydrogen-bond acceptors (Lipinski definition) is 11. The van der Waals surface area contributed by atoms with Gasteiger partial charge in [0.1, 0.15) is 22.7 Å². The summed E-state index contributed by atoms with van der Waals surface area (Å²) in [5.74, 6) is -2.15. The Morgan fingerprint density at radius 2 is 1.87 bits per heavy atom. The summed E-state index contributed by atoms with van der Waals surface area (Å²) in [6, 6.07) is 10.3. The molecule has 0 unspecified atom stereocenters. The molecule has 4 aliphatic rings. The average molecular weight is 975 g/mol. The summed E-state index contributed by atoms with van der Waals surface area (Å²) in [4.78, 5) is 79.7. The van der Waals surface area contributed by atoms with Crippen LogP contribution in [-0.4, -0.2) is 141 Å². The predicted octanol–water partition coefficient (Wildman–Crippen LogP) is 5.88. The van der Waals surface area contributed by atoms with Gasteiger partial charge >= 0.3 is 5.97 Å². The molecule has 2 aromatic heterocycles. The van der Waals surface area contributed by atoms with Crippen molar-refractivity contribution < 1.29 is 38.6 Å². The number of nitroso groups, excluding NO2 is 1. The van der Waals surface area contributed by atoms with E-state index in [1.165, 1.54) is 21.7 Å². The third-order valence-electron chi connectivity index (χ3n) is 14.8. The number of fused-ring (bicyclic) bond motifs is 7. The van der Waals surface area contributed by atoms with Crippen molar-refractivity contribution in [2.24, 2.45) is 11.3 Å². The van der Waals surface area contributed by atoms with E-state index in [0.29, 0.717) is 44.3 Å². The SMILES string of the molecule is C=CC(=O)N1CC[C@H]([N+](=O)N(C)[C@H](C(=O)N[C@H]2Cc3cc(O)cc(c3)-c3ccc4c(c3)c(c(-c3cc5c(nc3[C@H](C)OC)CCN(C)C5)n4CC)CC(C)(C)COC(=O)[C@@H]3CCCN(N3)C2=O)C(C)C)C1. The standard InChI is InChI=1S/C54H71N9O8/c1-11-47(65)60-21-17-38(30-60)63(69)59(9)49(32(3)4)51(66)56-45-24-34-22-36(25-39(64)23-34)35-15-16-46-40(26-35)42(28-54(6,7)31-71-53(68)44-14-13-19-62(57-44)52(45)67)50(61(46)12-2)41-27-37-29-58(8)20-18-43(37)55-48(41)33(5)70-10/h11,15-16,22-23,25-27,32-33,38,44-45,49,57H,1,12-14,17-21,24,28-31H2,2-10H3,(H-,56,64,66)/p+1/t33-,38-,44-,45-,49-/m0/s1. The molecule has 4 aliphatic heterocycles. The molecular weight excluding hydrogens is 903 g/mol. The highest BCUT2D eigenvalue weighted by Crippen LogP contribution is 2.43. The van der Waals surface area contributed by atoms with E-state index in [-0.39, 0.29) is 49.8 Å². The number of ether oxygens (including phenoxy) is 2. The number of hydrogen-bond donors (Lipinski definition) is 3. The number of methoxy groups -OCH3 is 1. The van der Waals surface area contributed by atoms with Crippen molar-refractivity contribution in [3.05, 3.63) is 88.1 Å². The van der Waals surface area contributed by atoms with Crippen LogP contribution in [0.5, 0.6) is 5.75 Å². The lowest BCUT2D eigenvalue weighted by Crippen LogP contribution is -2.62. The smallest absolute Gasteiger partial charge is 0.324 e. The van der Waals surface area contributed by atoms with E-state index in [4.69, 9.17) is 14.5 Å². The Balaban J connectivity index is 1.22. The van der Waals surface area contributed by atoms with E-state index in [9.17, 15) is 29.2 Å². The summed E-state index contributed by atoms with van der Waals surface area (Å²) in [5, 5.41) is 18.2. The molecule has 0 saturated carbocycles. The predicted molar refractivity (Wildman–Crippen MR) is 271 cm³/mol. The van der Waals surface area contributed by atoms with Crippen molar-refractivity contribution in [1.82, 2.24) is 40.1 Å². The number of carbonyl (C=O) groups is 4. The Kier molecular flexibility index (Phi) is 15.1. The Bertz CT molecular complexity index is 2730. The fourth-order valence-electron chi connectivity index (χ4n) is 11.0. The lowest BCUT2D eigenvalue weighted by Gasteiger charge is -2.36. The van der Waals surface area contributed by atoms with Gasteiger partial charge in [0.15, 0.2) is 6.04 Å². The lowest BCUT2D eigenvalue weighted by molar-refractivity contribution is -0.732. The average Bonchev–Trinajstić information content (AvgIpc) is 3.96. The number of rotatable bonds is 11. The number of phenolic OH excluding ortho intramolecular Hbond substituents is 1. The monoisotopic (exact) mass is 975 g/mol. The first-order chi connectivity index (χ1) is 33.8. The summed E-state index contributed by atoms with van der Waals surface area (Å²) in [5.41, 5.74) is 12.0. The first kappa shape index (κ1) is 51.2. The van der Waals surface area contributed by atoms with Crippen molar-refractivity contribution in [2.75, 3.05) is 54.0 Å². The fourth-order valence-corrected chi connectivity index (χ4v) is 11.0. The maximum atomic E-state index is 14.8. The molecule has 6 bridgehead atoms. The number of likely N-dealkylation sites (tertiary alicyclic amines) is 1. The van der Waals surface area contributed by atoms with Crippen LogP contribution in [0.3, 0.4) is 0 Å². The van der Waals surface area contributed by atoms with Crippen LogP contribution in [0.1, 0.15) is 95.0 Å². The number of hydrazine groups is 2. The molecule has 0 radical (unpaired) electrons. The number of aromatic nitrogens is 2. The number of aromatic hydroxyl groups is 1. The van der Waals surface area contributed by atoms with Crippen LogP contribution < -0.4 is 10.7 Å². The van der Waals surface area contributed by atoms with E-state index in [2.05, 4.69) is 72.8 Å². The molecule has 2 fully saturated rings. The number of amides is 3. The summed E-state index contributed by atoms with van der Waals surface area (Å²) < 4.78 is 14.5. The highest BCUT2D eigenvalue weighted by atomic mass is 16.5. The van der Waals surface area contributed by atoms with Crippen LogP contribution >= 0.6 is 0 Å². The Morgan fingerprint density at radius 3 is 2.59 bits per heavy atom. The quantitative estimate of drug-likeness (QED) is 0.0705. The van der Waals surface area contributed by atoms with Gasteiger partial charge in [0.25, 0.3) is 11.9 Å². The van der Waals surface area contributed by atoms with Crippen LogP contribution in [0.4, 0.5) is 0 Å². The Hall–Kier alpha value is -6.17. The third-order valence-corrected chi connectivity index (χ3v) is 14.8. The highest BCUT2D eigenvalue weighted by molar-refractivity contribution is 5.96. The molecule has 3 N–H and O–H groups in total. The number of pyridine rings is 1. The number of aryl methyl sites for hydroxylation is 1. The second kappa shape index (κ2) is 20.9. The fraction of sp³-hybridized carbons (Fsp3) is 0.537. The third kappa shape index (κ3) is 10.6. The zero-order valence-corrected chi connectivity index (χ0v) is 42.9. The van der Waals surface area contributed by atoms with Gasteiger partial charge in [-0.3, -0.25) is 29.2 Å². The molecule has 5 atom stereocenters. The summed E-state index contributed by atoms with van der Waals surface area (Å²) in [7, 11) is 5.39. The Morgan fingerprint density at radius 1 is 1.10 bits per heavy atom. The van der Waals surface area contributed by atoms with Gasteiger partial charge in [0, 0.05) is 86.7 Å². The zero-order chi connectivity index (χ0) is 51.1. The van der Waals surface area contributed by atoms with Crippen molar-refractivity contribution >= 4 is 34.6 Å². The molecule has 2 saturated heterocycles. The minimum Gasteiger partial charge on any atom is -0.508 e. The molecule has 6 heterocycles. The number of benzene rings is 2. The number of phenols is 1. The molecule has 17 nitrogen and oxygen atoms in total. The number of cyclic esters (lactones) is 1. The molecule has 3 amide bonds. The number of nitrogens with zero attached hydrogens (tertiary/aromatic N) is 7. The number of nitrogens with one attached hydrogen (secondary N) is 2. The van der Waals surface area contributed by atoms with Crippen molar-refractivity contribution in [3.8, 4) is 28.1 Å². The van der Waals surface area contributed by atoms with E-state index >= 15 is 0 Å². The number of carbonyl (C=O) groups excluding carboxylic acids is 4. The summed E-state index contributed by atoms with van der Waals surface area (Å²) in [6.07, 6.45) is 3.65. The van der Waals surface area contributed by atoms with E-state index in [1.54, 1.807) is 31.2 Å². The molecule has 4 aromatic rings. The minimum atomic E-state index is -1.18. The number of likely N-dealkylation sites (N-methyl/N-ethyl adjacent to an activating group) is 2. The van der Waals surface area contributed by atoms with Gasteiger partial charge in [-0.1, -0.05) is 46.4 Å². The normalized spacial score (nSPS) is 21.6. The molecule has 17 heteroatoms. The first-order valence-electron chi connectivity index (χ1n) is 25.2.